The van der Waals surface area contributed by atoms with Crippen molar-refractivity contribution in [1.29, 1.82) is 0 Å². The molecular formula is C17H22ClN3O4S2. The lowest BCUT2D eigenvalue weighted by atomic mass is 9.82. The topological polar surface area (TPSA) is 85.5 Å². The molecule has 27 heavy (non-hydrogen) atoms. The van der Waals surface area contributed by atoms with Gasteiger partial charge in [-0.15, -0.1) is 11.3 Å². The standard InChI is InChI=1S/C17H22ClN3O4S2/c1-17(16-19-15(25-20-16)12-5-9-24-10-6-12)7-2-8-21(11-17)27(22,23)14-4-3-13(18)26-14/h3-4,12H,2,5-11H2,1H3. The van der Waals surface area contributed by atoms with E-state index in [2.05, 4.69) is 10.1 Å². The van der Waals surface area contributed by atoms with Crippen LogP contribution < -0.4 is 0 Å². The summed E-state index contributed by atoms with van der Waals surface area (Å²) in [6, 6.07) is 3.17. The summed E-state index contributed by atoms with van der Waals surface area (Å²) in [7, 11) is -3.57. The molecule has 2 aromatic rings. The fourth-order valence-corrected chi connectivity index (χ4v) is 6.97. The van der Waals surface area contributed by atoms with Crippen LogP contribution in [0.1, 0.15) is 50.2 Å². The number of piperidine rings is 1. The molecule has 2 aromatic heterocycles. The minimum Gasteiger partial charge on any atom is -0.381 e. The molecule has 4 heterocycles. The number of halogens is 1. The number of thiophene rings is 1. The smallest absolute Gasteiger partial charge is 0.252 e. The first kappa shape index (κ1) is 19.3. The molecule has 0 amide bonds. The Kier molecular flexibility index (Phi) is 5.32. The van der Waals surface area contributed by atoms with Crippen molar-refractivity contribution in [3.8, 4) is 0 Å². The van der Waals surface area contributed by atoms with E-state index in [4.69, 9.17) is 20.9 Å². The van der Waals surface area contributed by atoms with E-state index >= 15 is 0 Å². The van der Waals surface area contributed by atoms with Crippen molar-refractivity contribution in [1.82, 2.24) is 14.4 Å². The van der Waals surface area contributed by atoms with Crippen LogP contribution in [0.15, 0.2) is 20.9 Å². The Morgan fingerprint density at radius 2 is 2.11 bits per heavy atom. The Bertz CT molecular complexity index is 907. The average molecular weight is 432 g/mol. The van der Waals surface area contributed by atoms with Gasteiger partial charge in [0, 0.05) is 37.6 Å². The largest absolute Gasteiger partial charge is 0.381 e. The highest BCUT2D eigenvalue weighted by Gasteiger charge is 2.42. The second kappa shape index (κ2) is 7.44. The highest BCUT2D eigenvalue weighted by molar-refractivity contribution is 7.91. The summed E-state index contributed by atoms with van der Waals surface area (Å²) in [5, 5.41) is 4.21. The molecule has 0 aliphatic carbocycles. The molecule has 0 radical (unpaired) electrons. The second-order valence-corrected chi connectivity index (χ2v) is 11.3. The SMILES string of the molecule is CC1(c2noc(C3CCOCC3)n2)CCCN(S(=O)(=O)c2ccc(Cl)s2)C1. The monoisotopic (exact) mass is 431 g/mol. The summed E-state index contributed by atoms with van der Waals surface area (Å²) >= 11 is 7.01. The van der Waals surface area contributed by atoms with Crippen LogP contribution in [0.4, 0.5) is 0 Å². The van der Waals surface area contributed by atoms with Gasteiger partial charge in [-0.1, -0.05) is 23.7 Å². The van der Waals surface area contributed by atoms with E-state index in [1.54, 1.807) is 12.1 Å². The Labute approximate surface area is 167 Å². The van der Waals surface area contributed by atoms with Crippen molar-refractivity contribution in [2.75, 3.05) is 26.3 Å². The first-order valence-electron chi connectivity index (χ1n) is 9.06. The fraction of sp³-hybridized carbons (Fsp3) is 0.647. The van der Waals surface area contributed by atoms with E-state index in [-0.39, 0.29) is 10.1 Å². The van der Waals surface area contributed by atoms with Gasteiger partial charge >= 0.3 is 0 Å². The van der Waals surface area contributed by atoms with E-state index in [0.717, 1.165) is 37.0 Å². The third-order valence-corrected chi connectivity index (χ3v) is 8.90. The van der Waals surface area contributed by atoms with Gasteiger partial charge in [-0.3, -0.25) is 0 Å². The van der Waals surface area contributed by atoms with Gasteiger partial charge in [-0.25, -0.2) is 8.42 Å². The molecule has 2 aliphatic heterocycles. The van der Waals surface area contributed by atoms with Crippen LogP contribution in [0.5, 0.6) is 0 Å². The molecule has 4 rings (SSSR count). The first-order valence-corrected chi connectivity index (χ1v) is 11.7. The third-order valence-electron chi connectivity index (χ3n) is 5.36. The van der Waals surface area contributed by atoms with Gasteiger partial charge in [-0.2, -0.15) is 9.29 Å². The van der Waals surface area contributed by atoms with Crippen LogP contribution in [-0.2, 0) is 20.2 Å². The number of rotatable bonds is 4. The number of hydrogen-bond acceptors (Lipinski definition) is 7. The molecule has 1 atom stereocenters. The van der Waals surface area contributed by atoms with Crippen LogP contribution in [0.2, 0.25) is 4.34 Å². The molecule has 0 aromatic carbocycles. The molecule has 1 unspecified atom stereocenters. The van der Waals surface area contributed by atoms with Gasteiger partial charge in [-0.05, 0) is 37.8 Å². The summed E-state index contributed by atoms with van der Waals surface area (Å²) in [4.78, 5) is 4.65. The van der Waals surface area contributed by atoms with Crippen molar-refractivity contribution < 1.29 is 17.7 Å². The maximum absolute atomic E-state index is 13.0. The number of hydrogen-bond donors (Lipinski definition) is 0. The summed E-state index contributed by atoms with van der Waals surface area (Å²) in [6.07, 6.45) is 3.31. The highest BCUT2D eigenvalue weighted by atomic mass is 35.5. The second-order valence-electron chi connectivity index (χ2n) is 7.40. The summed E-state index contributed by atoms with van der Waals surface area (Å²) < 4.78 is 39.1. The van der Waals surface area contributed by atoms with Gasteiger partial charge in [0.1, 0.15) is 4.21 Å². The molecule has 2 fully saturated rings. The predicted molar refractivity (Wildman–Crippen MR) is 102 cm³/mol. The van der Waals surface area contributed by atoms with Crippen LogP contribution >= 0.6 is 22.9 Å². The van der Waals surface area contributed by atoms with Crippen LogP contribution in [-0.4, -0.2) is 49.2 Å². The molecule has 0 N–H and O–H groups in total. The third kappa shape index (κ3) is 3.80. The molecular weight excluding hydrogens is 410 g/mol. The van der Waals surface area contributed by atoms with Crippen molar-refractivity contribution >= 4 is 33.0 Å². The Hall–Kier alpha value is -1.000. The lowest BCUT2D eigenvalue weighted by Gasteiger charge is -2.37. The zero-order valence-corrected chi connectivity index (χ0v) is 17.4. The van der Waals surface area contributed by atoms with Crippen molar-refractivity contribution in [3.05, 3.63) is 28.2 Å². The number of sulfonamides is 1. The van der Waals surface area contributed by atoms with E-state index in [0.29, 0.717) is 42.4 Å². The molecule has 2 saturated heterocycles. The summed E-state index contributed by atoms with van der Waals surface area (Å²) in [5.41, 5.74) is -0.473. The minimum absolute atomic E-state index is 0.222. The zero-order valence-electron chi connectivity index (χ0n) is 15.1. The van der Waals surface area contributed by atoms with Crippen molar-refractivity contribution in [2.24, 2.45) is 0 Å². The van der Waals surface area contributed by atoms with Crippen molar-refractivity contribution in [3.63, 3.8) is 0 Å². The number of nitrogens with zero attached hydrogens (tertiary/aromatic N) is 3. The van der Waals surface area contributed by atoms with Crippen LogP contribution in [0.3, 0.4) is 0 Å². The molecule has 7 nitrogen and oxygen atoms in total. The molecule has 0 spiro atoms. The lowest BCUT2D eigenvalue weighted by molar-refractivity contribution is 0.0778. The van der Waals surface area contributed by atoms with E-state index in [9.17, 15) is 8.42 Å². The number of aromatic nitrogens is 2. The quantitative estimate of drug-likeness (QED) is 0.737. The predicted octanol–water partition coefficient (Wildman–Crippen LogP) is 3.42. The van der Waals surface area contributed by atoms with E-state index in [1.807, 2.05) is 6.92 Å². The molecule has 0 bridgehead atoms. The molecule has 0 saturated carbocycles. The van der Waals surface area contributed by atoms with Gasteiger partial charge in [0.2, 0.25) is 5.89 Å². The maximum Gasteiger partial charge on any atom is 0.252 e. The van der Waals surface area contributed by atoms with Crippen LogP contribution in [0.25, 0.3) is 0 Å². The number of ether oxygens (including phenoxy) is 1. The Morgan fingerprint density at radius 3 is 2.81 bits per heavy atom. The Balaban J connectivity index is 1.55. The first-order chi connectivity index (χ1) is 12.9. The van der Waals surface area contributed by atoms with Gasteiger partial charge in [0.05, 0.1) is 4.34 Å². The molecule has 2 aliphatic rings. The average Bonchev–Trinajstić information content (AvgIpc) is 3.32. The van der Waals surface area contributed by atoms with Gasteiger partial charge in [0.25, 0.3) is 10.0 Å². The lowest BCUT2D eigenvalue weighted by Crippen LogP contribution is -2.47. The minimum atomic E-state index is -3.57. The van der Waals surface area contributed by atoms with E-state index in [1.165, 1.54) is 4.31 Å². The summed E-state index contributed by atoms with van der Waals surface area (Å²) in [5.74, 6) is 1.45. The van der Waals surface area contributed by atoms with Crippen LogP contribution in [0, 0.1) is 0 Å². The van der Waals surface area contributed by atoms with E-state index < -0.39 is 15.4 Å². The maximum atomic E-state index is 13.0. The highest BCUT2D eigenvalue weighted by Crippen LogP contribution is 2.37. The van der Waals surface area contributed by atoms with Gasteiger partial charge < -0.3 is 9.26 Å². The fourth-order valence-electron chi connectivity index (χ4n) is 3.73. The zero-order chi connectivity index (χ0) is 19.1. The summed E-state index contributed by atoms with van der Waals surface area (Å²) in [6.45, 7) is 4.23. The molecule has 10 heteroatoms. The Morgan fingerprint density at radius 1 is 1.33 bits per heavy atom. The normalized spacial score (nSPS) is 25.7. The van der Waals surface area contributed by atoms with Gasteiger partial charge in [0.15, 0.2) is 5.82 Å². The van der Waals surface area contributed by atoms with Crippen molar-refractivity contribution in [2.45, 2.75) is 48.1 Å². The molecule has 148 valence electrons.